The van der Waals surface area contributed by atoms with Crippen molar-refractivity contribution in [3.8, 4) is 0 Å². The van der Waals surface area contributed by atoms with Crippen LogP contribution in [0.3, 0.4) is 0 Å². The van der Waals surface area contributed by atoms with E-state index in [9.17, 15) is 9.59 Å². The number of aromatic nitrogens is 4. The van der Waals surface area contributed by atoms with Gasteiger partial charge in [-0.05, 0) is 29.7 Å². The van der Waals surface area contributed by atoms with Crippen molar-refractivity contribution in [2.24, 2.45) is 0 Å². The van der Waals surface area contributed by atoms with Crippen LogP contribution < -0.4 is 0 Å². The van der Waals surface area contributed by atoms with Gasteiger partial charge in [0.15, 0.2) is 0 Å². The maximum absolute atomic E-state index is 12.0. The number of carbonyl (C=O) groups excluding carboxylic acids is 2. The largest absolute Gasteiger partial charge is 0.376 e. The fourth-order valence-corrected chi connectivity index (χ4v) is 3.27. The molecule has 0 spiro atoms. The summed E-state index contributed by atoms with van der Waals surface area (Å²) in [6.07, 6.45) is 3.43. The number of hydrogen-bond donors (Lipinski definition) is 0. The molecule has 0 aromatic carbocycles. The molecular formula is C12H17N5O3S. The smallest absolute Gasteiger partial charge is 0.239 e. The van der Waals surface area contributed by atoms with Gasteiger partial charge in [0.1, 0.15) is 0 Å². The van der Waals surface area contributed by atoms with Crippen molar-refractivity contribution in [2.45, 2.75) is 43.5 Å². The predicted molar refractivity (Wildman–Crippen MR) is 73.5 cm³/mol. The average molecular weight is 311 g/mol. The molecule has 0 radical (unpaired) electrons. The molecule has 9 heteroatoms. The van der Waals surface area contributed by atoms with Crippen LogP contribution in [0.4, 0.5) is 0 Å². The predicted octanol–water partition coefficient (Wildman–Crippen LogP) is 0.0932. The van der Waals surface area contributed by atoms with Crippen LogP contribution in [-0.4, -0.2) is 61.9 Å². The number of rotatable bonds is 5. The summed E-state index contributed by atoms with van der Waals surface area (Å²) in [4.78, 5) is 24.8. The molecule has 2 saturated heterocycles. The SMILES string of the molecule is O=C1CCCN1C(=O)CSc1nnnn1C[C@H]1CCCO1. The van der Waals surface area contributed by atoms with E-state index in [4.69, 9.17) is 4.74 Å². The highest BCUT2D eigenvalue weighted by Crippen LogP contribution is 2.19. The van der Waals surface area contributed by atoms with Gasteiger partial charge < -0.3 is 4.74 Å². The lowest BCUT2D eigenvalue weighted by Crippen LogP contribution is -2.33. The van der Waals surface area contributed by atoms with E-state index in [-0.39, 0.29) is 23.7 Å². The summed E-state index contributed by atoms with van der Waals surface area (Å²) in [6, 6.07) is 0. The first kappa shape index (κ1) is 14.5. The van der Waals surface area contributed by atoms with E-state index in [1.807, 2.05) is 0 Å². The molecule has 2 amide bonds. The maximum atomic E-state index is 12.0. The van der Waals surface area contributed by atoms with Crippen LogP contribution in [0.25, 0.3) is 0 Å². The second-order valence-corrected chi connectivity index (χ2v) is 6.05. The number of carbonyl (C=O) groups is 2. The first-order valence-electron chi connectivity index (χ1n) is 7.08. The van der Waals surface area contributed by atoms with Crippen molar-refractivity contribution in [1.82, 2.24) is 25.1 Å². The summed E-state index contributed by atoms with van der Waals surface area (Å²) in [7, 11) is 0. The molecule has 0 saturated carbocycles. The van der Waals surface area contributed by atoms with E-state index in [2.05, 4.69) is 15.5 Å². The molecule has 21 heavy (non-hydrogen) atoms. The van der Waals surface area contributed by atoms with Gasteiger partial charge in [-0.1, -0.05) is 11.8 Å². The first-order chi connectivity index (χ1) is 10.2. The topological polar surface area (TPSA) is 90.2 Å². The summed E-state index contributed by atoms with van der Waals surface area (Å²) >= 11 is 1.26. The zero-order valence-electron chi connectivity index (χ0n) is 11.6. The van der Waals surface area contributed by atoms with Crippen LogP contribution in [0.2, 0.25) is 0 Å². The third kappa shape index (κ3) is 3.41. The van der Waals surface area contributed by atoms with Crippen LogP contribution in [0.15, 0.2) is 5.16 Å². The lowest BCUT2D eigenvalue weighted by molar-refractivity contribution is -0.140. The summed E-state index contributed by atoms with van der Waals surface area (Å²) < 4.78 is 7.22. The highest BCUT2D eigenvalue weighted by molar-refractivity contribution is 7.99. The normalized spacial score (nSPS) is 22.2. The molecule has 0 bridgehead atoms. The van der Waals surface area contributed by atoms with E-state index >= 15 is 0 Å². The molecule has 2 fully saturated rings. The van der Waals surface area contributed by atoms with Crippen molar-refractivity contribution in [3.05, 3.63) is 0 Å². The molecule has 1 atom stereocenters. The summed E-state index contributed by atoms with van der Waals surface area (Å²) in [5.41, 5.74) is 0. The highest BCUT2D eigenvalue weighted by Gasteiger charge is 2.27. The highest BCUT2D eigenvalue weighted by atomic mass is 32.2. The molecule has 2 aliphatic heterocycles. The zero-order valence-corrected chi connectivity index (χ0v) is 12.4. The fourth-order valence-electron chi connectivity index (χ4n) is 2.51. The second kappa shape index (κ2) is 6.52. The van der Waals surface area contributed by atoms with E-state index in [0.29, 0.717) is 24.7 Å². The Balaban J connectivity index is 1.54. The quantitative estimate of drug-likeness (QED) is 0.712. The van der Waals surface area contributed by atoms with Crippen LogP contribution in [0, 0.1) is 0 Å². The van der Waals surface area contributed by atoms with Gasteiger partial charge in [0.25, 0.3) is 0 Å². The molecule has 8 nitrogen and oxygen atoms in total. The molecule has 114 valence electrons. The van der Waals surface area contributed by atoms with Crippen molar-refractivity contribution >= 4 is 23.6 Å². The van der Waals surface area contributed by atoms with Crippen molar-refractivity contribution < 1.29 is 14.3 Å². The lowest BCUT2D eigenvalue weighted by Gasteiger charge is -2.13. The van der Waals surface area contributed by atoms with Crippen LogP contribution in [0.5, 0.6) is 0 Å². The van der Waals surface area contributed by atoms with Gasteiger partial charge in [-0.3, -0.25) is 14.5 Å². The first-order valence-corrected chi connectivity index (χ1v) is 8.06. The summed E-state index contributed by atoms with van der Waals surface area (Å²) in [6.45, 7) is 1.91. The number of thioether (sulfide) groups is 1. The molecule has 0 aliphatic carbocycles. The van der Waals surface area contributed by atoms with Crippen LogP contribution in [-0.2, 0) is 20.9 Å². The van der Waals surface area contributed by atoms with E-state index < -0.39 is 0 Å². The minimum atomic E-state index is -0.172. The number of tetrazole rings is 1. The molecule has 1 aromatic rings. The Morgan fingerprint density at radius 3 is 3.05 bits per heavy atom. The van der Waals surface area contributed by atoms with Gasteiger partial charge in [0.05, 0.1) is 18.4 Å². The second-order valence-electron chi connectivity index (χ2n) is 5.11. The Morgan fingerprint density at radius 1 is 1.43 bits per heavy atom. The Kier molecular flexibility index (Phi) is 4.49. The van der Waals surface area contributed by atoms with Crippen molar-refractivity contribution in [2.75, 3.05) is 18.9 Å². The standard InChI is InChI=1S/C12H17N5O3S/c18-10-4-1-5-16(10)11(19)8-21-12-13-14-15-17(12)7-9-3-2-6-20-9/h9H,1-8H2/t9-/m1/s1. The molecule has 2 aliphatic rings. The molecule has 3 rings (SSSR count). The Labute approximate surface area is 126 Å². The number of amides is 2. The lowest BCUT2D eigenvalue weighted by atomic mass is 10.2. The molecule has 3 heterocycles. The minimum Gasteiger partial charge on any atom is -0.376 e. The van der Waals surface area contributed by atoms with Gasteiger partial charge in [0.2, 0.25) is 17.0 Å². The van der Waals surface area contributed by atoms with Crippen LogP contribution >= 0.6 is 11.8 Å². The van der Waals surface area contributed by atoms with Crippen LogP contribution in [0.1, 0.15) is 25.7 Å². The number of hydrogen-bond acceptors (Lipinski definition) is 7. The third-order valence-corrected chi connectivity index (χ3v) is 4.54. The molecule has 0 unspecified atom stereocenters. The van der Waals surface area contributed by atoms with E-state index in [1.54, 1.807) is 4.68 Å². The monoisotopic (exact) mass is 311 g/mol. The summed E-state index contributed by atoms with van der Waals surface area (Å²) in [5.74, 6) is -0.0776. The number of imide groups is 1. The fraction of sp³-hybridized carbons (Fsp3) is 0.750. The Morgan fingerprint density at radius 2 is 2.33 bits per heavy atom. The van der Waals surface area contributed by atoms with Crippen molar-refractivity contribution in [3.63, 3.8) is 0 Å². The van der Waals surface area contributed by atoms with Crippen molar-refractivity contribution in [1.29, 1.82) is 0 Å². The zero-order chi connectivity index (χ0) is 14.7. The Bertz CT molecular complexity index is 529. The maximum Gasteiger partial charge on any atom is 0.239 e. The van der Waals surface area contributed by atoms with Gasteiger partial charge in [-0.25, -0.2) is 4.68 Å². The molecule has 0 N–H and O–H groups in total. The Hall–Kier alpha value is -1.48. The number of ether oxygens (including phenoxy) is 1. The van der Waals surface area contributed by atoms with Gasteiger partial charge in [0, 0.05) is 19.6 Å². The summed E-state index contributed by atoms with van der Waals surface area (Å²) in [5, 5.41) is 12.1. The van der Waals surface area contributed by atoms with Gasteiger partial charge >= 0.3 is 0 Å². The molecular weight excluding hydrogens is 294 g/mol. The van der Waals surface area contributed by atoms with Gasteiger partial charge in [-0.2, -0.15) is 0 Å². The number of nitrogens with zero attached hydrogens (tertiary/aromatic N) is 5. The van der Waals surface area contributed by atoms with E-state index in [0.717, 1.165) is 25.9 Å². The molecule has 1 aromatic heterocycles. The third-order valence-electron chi connectivity index (χ3n) is 3.60. The average Bonchev–Trinajstić information content (AvgIpc) is 3.19. The number of likely N-dealkylation sites (tertiary alicyclic amines) is 1. The van der Waals surface area contributed by atoms with Gasteiger partial charge in [-0.15, -0.1) is 5.10 Å². The van der Waals surface area contributed by atoms with E-state index in [1.165, 1.54) is 16.7 Å². The minimum absolute atomic E-state index is 0.0838.